The minimum atomic E-state index is -0.107. The molecular weight excluding hydrogens is 412 g/mol. The fraction of sp³-hybridized carbons (Fsp3) is 0.348. The first kappa shape index (κ1) is 21.0. The average molecular weight is 437 g/mol. The Morgan fingerprint density at radius 3 is 2.55 bits per heavy atom. The highest BCUT2D eigenvalue weighted by atomic mass is 35.5. The van der Waals surface area contributed by atoms with E-state index in [-0.39, 0.29) is 12.1 Å². The predicted octanol–water partition coefficient (Wildman–Crippen LogP) is 4.53. The smallest absolute Gasteiger partial charge is 0.322 e. The number of nitrogens with one attached hydrogen (secondary N) is 2. The zero-order valence-electron chi connectivity index (χ0n) is 17.4. The Balaban J connectivity index is 1.47. The molecule has 2 aliphatic rings. The first-order valence-corrected chi connectivity index (χ1v) is 10.8. The van der Waals surface area contributed by atoms with Crippen LogP contribution in [0.15, 0.2) is 53.5 Å². The summed E-state index contributed by atoms with van der Waals surface area (Å²) in [4.78, 5) is 21.0. The maximum atomic E-state index is 13.0. The highest BCUT2D eigenvalue weighted by Gasteiger charge is 2.41. The van der Waals surface area contributed by atoms with Gasteiger partial charge in [-0.3, -0.25) is 0 Å². The van der Waals surface area contributed by atoms with Crippen LogP contribution in [0.2, 0.25) is 5.02 Å². The fourth-order valence-electron chi connectivity index (χ4n) is 3.93. The molecule has 1 unspecified atom stereocenters. The van der Waals surface area contributed by atoms with Gasteiger partial charge in [-0.25, -0.2) is 4.79 Å². The van der Waals surface area contributed by atoms with Crippen LogP contribution in [0.5, 0.6) is 0 Å². The number of halogens is 1. The van der Waals surface area contributed by atoms with Gasteiger partial charge in [0, 0.05) is 36.0 Å². The molecule has 0 aromatic heterocycles. The van der Waals surface area contributed by atoms with E-state index < -0.39 is 0 Å². The second kappa shape index (κ2) is 9.27. The summed E-state index contributed by atoms with van der Waals surface area (Å²) in [7, 11) is 0. The molecule has 8 heteroatoms. The van der Waals surface area contributed by atoms with Crippen molar-refractivity contribution in [2.75, 3.05) is 30.3 Å². The summed E-state index contributed by atoms with van der Waals surface area (Å²) >= 11 is 5.94. The van der Waals surface area contributed by atoms with E-state index in [1.165, 1.54) is 0 Å². The van der Waals surface area contributed by atoms with E-state index in [1.54, 1.807) is 24.3 Å². The first-order valence-electron chi connectivity index (χ1n) is 10.4. The average Bonchev–Trinajstić information content (AvgIpc) is 3.61. The number of aliphatic imine (C=N–C) groups is 1. The van der Waals surface area contributed by atoms with E-state index in [1.807, 2.05) is 42.3 Å². The number of aryl methyl sites for hydroxylation is 1. The Morgan fingerprint density at radius 1 is 1.13 bits per heavy atom. The lowest BCUT2D eigenvalue weighted by Gasteiger charge is -2.42. The molecule has 1 saturated carbocycles. The molecule has 160 valence electrons. The second-order valence-corrected chi connectivity index (χ2v) is 8.39. The lowest BCUT2D eigenvalue weighted by atomic mass is 10.1. The Morgan fingerprint density at radius 2 is 1.87 bits per heavy atom. The van der Waals surface area contributed by atoms with Gasteiger partial charge in [0.1, 0.15) is 0 Å². The third-order valence-electron chi connectivity index (χ3n) is 5.79. The van der Waals surface area contributed by atoms with Gasteiger partial charge in [-0.1, -0.05) is 29.8 Å². The molecule has 2 N–H and O–H groups in total. The number of anilines is 2. The number of benzene rings is 2. The quantitative estimate of drug-likeness (QED) is 0.420. The van der Waals surface area contributed by atoms with Gasteiger partial charge >= 0.3 is 6.03 Å². The van der Waals surface area contributed by atoms with Crippen LogP contribution in [-0.2, 0) is 0 Å². The molecule has 1 aliphatic heterocycles. The van der Waals surface area contributed by atoms with Gasteiger partial charge in [-0.05, 0) is 61.6 Å². The maximum absolute atomic E-state index is 13.0. The summed E-state index contributed by atoms with van der Waals surface area (Å²) in [6.45, 7) is 3.80. The summed E-state index contributed by atoms with van der Waals surface area (Å²) in [5.41, 5.74) is 2.72. The third-order valence-corrected chi connectivity index (χ3v) is 6.04. The largest absolute Gasteiger partial charge is 0.338 e. The fourth-order valence-corrected chi connectivity index (χ4v) is 4.05. The number of para-hydroxylation sites is 1. The van der Waals surface area contributed by atoms with Crippen molar-refractivity contribution in [3.63, 3.8) is 0 Å². The third kappa shape index (κ3) is 5.09. The molecule has 0 radical (unpaired) electrons. The van der Waals surface area contributed by atoms with Crippen LogP contribution < -0.4 is 10.6 Å². The molecule has 1 heterocycles. The van der Waals surface area contributed by atoms with E-state index >= 15 is 0 Å². The van der Waals surface area contributed by atoms with Crippen molar-refractivity contribution in [1.29, 1.82) is 5.26 Å². The lowest BCUT2D eigenvalue weighted by molar-refractivity contribution is 0.124. The number of urea groups is 1. The molecule has 2 fully saturated rings. The zero-order valence-corrected chi connectivity index (χ0v) is 18.1. The standard InChI is InChI=1S/C23H25ClN6O/c1-16-4-2-3-5-20(16)28-22(26-15-25)29-12-13-30(21(14-29)17-6-7-17)23(31)27-19-10-8-18(24)9-11-19/h2-5,8-11,17,21H,6-7,12-14H2,1H3,(H,26,28)(H,27,31). The summed E-state index contributed by atoms with van der Waals surface area (Å²) in [5.74, 6) is 1.00. The second-order valence-electron chi connectivity index (χ2n) is 7.96. The molecule has 0 bridgehead atoms. The molecule has 4 rings (SSSR count). The minimum Gasteiger partial charge on any atom is -0.338 e. The van der Waals surface area contributed by atoms with E-state index in [0.717, 1.165) is 29.8 Å². The Labute approximate surface area is 187 Å². The molecule has 2 amide bonds. The zero-order chi connectivity index (χ0) is 21.8. The van der Waals surface area contributed by atoms with Gasteiger partial charge in [0.25, 0.3) is 0 Å². The van der Waals surface area contributed by atoms with Crippen molar-refractivity contribution < 1.29 is 4.79 Å². The van der Waals surface area contributed by atoms with Gasteiger partial charge in [0.2, 0.25) is 12.2 Å². The molecule has 0 spiro atoms. The van der Waals surface area contributed by atoms with Gasteiger partial charge in [-0.2, -0.15) is 5.26 Å². The van der Waals surface area contributed by atoms with Crippen molar-refractivity contribution in [2.45, 2.75) is 25.8 Å². The predicted molar refractivity (Wildman–Crippen MR) is 123 cm³/mol. The van der Waals surface area contributed by atoms with Crippen molar-refractivity contribution in [2.24, 2.45) is 10.9 Å². The number of nitriles is 1. The van der Waals surface area contributed by atoms with E-state index in [0.29, 0.717) is 36.5 Å². The van der Waals surface area contributed by atoms with Gasteiger partial charge in [-0.15, -0.1) is 4.99 Å². The number of hydrogen-bond acceptors (Lipinski definition) is 3. The number of piperazine rings is 1. The molecule has 2 aromatic carbocycles. The number of carbonyl (C=O) groups excluding carboxylic acids is 1. The van der Waals surface area contributed by atoms with E-state index in [2.05, 4.69) is 20.5 Å². The molecule has 1 saturated heterocycles. The van der Waals surface area contributed by atoms with Crippen molar-refractivity contribution in [1.82, 2.24) is 9.80 Å². The molecule has 2 aromatic rings. The Hall–Kier alpha value is -3.24. The summed E-state index contributed by atoms with van der Waals surface area (Å²) < 4.78 is 0. The molecular formula is C23H25ClN6O. The highest BCUT2D eigenvalue weighted by molar-refractivity contribution is 6.30. The van der Waals surface area contributed by atoms with Crippen LogP contribution in [0, 0.1) is 24.3 Å². The van der Waals surface area contributed by atoms with Crippen LogP contribution in [0.4, 0.5) is 16.2 Å². The van der Waals surface area contributed by atoms with Crippen LogP contribution in [-0.4, -0.2) is 47.5 Å². The molecule has 1 atom stereocenters. The van der Waals surface area contributed by atoms with Crippen molar-refractivity contribution >= 4 is 35.0 Å². The number of rotatable bonds is 3. The molecule has 7 nitrogen and oxygen atoms in total. The number of amides is 2. The minimum absolute atomic E-state index is 0.0728. The normalized spacial score (nSPS) is 19.0. The molecule has 31 heavy (non-hydrogen) atoms. The van der Waals surface area contributed by atoms with Crippen LogP contribution >= 0.6 is 11.6 Å². The highest BCUT2D eigenvalue weighted by Crippen LogP contribution is 2.37. The van der Waals surface area contributed by atoms with Crippen LogP contribution in [0.25, 0.3) is 0 Å². The van der Waals surface area contributed by atoms with E-state index in [9.17, 15) is 10.1 Å². The Kier molecular flexibility index (Phi) is 6.28. The molecule has 1 aliphatic carbocycles. The van der Waals surface area contributed by atoms with Gasteiger partial charge < -0.3 is 20.4 Å². The number of carbonyl (C=O) groups is 1. The first-order chi connectivity index (χ1) is 15.0. The number of nitrogens with zero attached hydrogens (tertiary/aromatic N) is 4. The summed E-state index contributed by atoms with van der Waals surface area (Å²) in [6, 6.07) is 15.0. The van der Waals surface area contributed by atoms with Gasteiger partial charge in [0.15, 0.2) is 0 Å². The monoisotopic (exact) mass is 436 g/mol. The van der Waals surface area contributed by atoms with Gasteiger partial charge in [0.05, 0.1) is 6.04 Å². The Bertz CT molecular complexity index is 1010. The van der Waals surface area contributed by atoms with Crippen LogP contribution in [0.1, 0.15) is 18.4 Å². The summed E-state index contributed by atoms with van der Waals surface area (Å²) in [6.07, 6.45) is 4.14. The number of guanidine groups is 1. The van der Waals surface area contributed by atoms with E-state index in [4.69, 9.17) is 11.6 Å². The maximum Gasteiger partial charge on any atom is 0.322 e. The summed E-state index contributed by atoms with van der Waals surface area (Å²) in [5, 5.41) is 16.2. The topological polar surface area (TPSA) is 83.8 Å². The van der Waals surface area contributed by atoms with Crippen molar-refractivity contribution in [3.8, 4) is 6.19 Å². The SMILES string of the molecule is Cc1ccccc1N/C(=N/C#N)N1CCN(C(=O)Nc2ccc(Cl)cc2)C(C2CC2)C1. The number of hydrogen-bond donors (Lipinski definition) is 2. The van der Waals surface area contributed by atoms with Crippen LogP contribution in [0.3, 0.4) is 0 Å². The van der Waals surface area contributed by atoms with Crippen molar-refractivity contribution in [3.05, 3.63) is 59.1 Å². The lowest BCUT2D eigenvalue weighted by Crippen LogP contribution is -2.59.